The van der Waals surface area contributed by atoms with Crippen LogP contribution in [0.25, 0.3) is 0 Å². The smallest absolute Gasteiger partial charge is 0.120 e. The third-order valence-electron chi connectivity index (χ3n) is 1.99. The lowest BCUT2D eigenvalue weighted by Gasteiger charge is -1.94. The van der Waals surface area contributed by atoms with Gasteiger partial charge in [-0.15, -0.1) is 0 Å². The van der Waals surface area contributed by atoms with E-state index in [-0.39, 0.29) is 0 Å². The summed E-state index contributed by atoms with van der Waals surface area (Å²) in [5.41, 5.74) is 2.29. The highest BCUT2D eigenvalue weighted by Gasteiger charge is 1.89. The summed E-state index contributed by atoms with van der Waals surface area (Å²) in [6.07, 6.45) is 3.22. The average Bonchev–Trinajstić information content (AvgIpc) is 2.20. The van der Waals surface area contributed by atoms with Gasteiger partial charge in [0.25, 0.3) is 0 Å². The number of hydrogen-bond donors (Lipinski definition) is 0. The standard InChI is InChI=1S/C13H14O/c1-12-8-5-6-10-13(12)9-4-2-3-7-11-14/h5-6,8,10-11H,2-3,7H2,1H3. The van der Waals surface area contributed by atoms with Crippen LogP contribution in [0.15, 0.2) is 24.3 Å². The van der Waals surface area contributed by atoms with Crippen LogP contribution in [-0.4, -0.2) is 6.29 Å². The maximum atomic E-state index is 10.0. The van der Waals surface area contributed by atoms with Gasteiger partial charge in [-0.1, -0.05) is 30.0 Å². The van der Waals surface area contributed by atoms with E-state index in [9.17, 15) is 4.79 Å². The van der Waals surface area contributed by atoms with Crippen LogP contribution < -0.4 is 0 Å². The number of benzene rings is 1. The first-order chi connectivity index (χ1) is 6.84. The van der Waals surface area contributed by atoms with Crippen molar-refractivity contribution in [3.8, 4) is 11.8 Å². The molecule has 14 heavy (non-hydrogen) atoms. The van der Waals surface area contributed by atoms with Crippen molar-refractivity contribution < 1.29 is 4.79 Å². The van der Waals surface area contributed by atoms with Crippen molar-refractivity contribution in [3.63, 3.8) is 0 Å². The van der Waals surface area contributed by atoms with Gasteiger partial charge in [0.1, 0.15) is 6.29 Å². The Morgan fingerprint density at radius 2 is 2.14 bits per heavy atom. The summed E-state index contributed by atoms with van der Waals surface area (Å²) >= 11 is 0. The highest BCUT2D eigenvalue weighted by Crippen LogP contribution is 2.04. The van der Waals surface area contributed by atoms with E-state index >= 15 is 0 Å². The first-order valence-electron chi connectivity index (χ1n) is 4.82. The highest BCUT2D eigenvalue weighted by molar-refractivity contribution is 5.49. The van der Waals surface area contributed by atoms with Gasteiger partial charge in [0.05, 0.1) is 0 Å². The summed E-state index contributed by atoms with van der Waals surface area (Å²) in [5, 5.41) is 0. The number of unbranched alkanes of at least 4 members (excludes halogenated alkanes) is 2. The molecule has 0 radical (unpaired) electrons. The van der Waals surface area contributed by atoms with Crippen LogP contribution in [0.1, 0.15) is 30.4 Å². The van der Waals surface area contributed by atoms with Crippen molar-refractivity contribution in [3.05, 3.63) is 35.4 Å². The zero-order valence-electron chi connectivity index (χ0n) is 8.42. The molecule has 0 N–H and O–H groups in total. The van der Waals surface area contributed by atoms with Crippen molar-refractivity contribution in [1.82, 2.24) is 0 Å². The lowest BCUT2D eigenvalue weighted by Crippen LogP contribution is -1.80. The van der Waals surface area contributed by atoms with Crippen LogP contribution in [0.4, 0.5) is 0 Å². The summed E-state index contributed by atoms with van der Waals surface area (Å²) < 4.78 is 0. The molecule has 0 bridgehead atoms. The van der Waals surface area contributed by atoms with Crippen LogP contribution >= 0.6 is 0 Å². The molecule has 0 aliphatic carbocycles. The molecule has 0 aromatic heterocycles. The van der Waals surface area contributed by atoms with Gasteiger partial charge < -0.3 is 4.79 Å². The van der Waals surface area contributed by atoms with E-state index in [1.54, 1.807) is 0 Å². The SMILES string of the molecule is Cc1ccccc1C#CCCCC=O. The summed E-state index contributed by atoms with van der Waals surface area (Å²) in [4.78, 5) is 10.0. The molecule has 0 aliphatic heterocycles. The maximum absolute atomic E-state index is 10.0. The molecule has 1 aromatic rings. The molecule has 72 valence electrons. The Bertz CT molecular complexity index is 355. The first kappa shape index (κ1) is 10.5. The molecule has 1 aromatic carbocycles. The monoisotopic (exact) mass is 186 g/mol. The lowest BCUT2D eigenvalue weighted by molar-refractivity contribution is -0.107. The van der Waals surface area contributed by atoms with Crippen LogP contribution in [0.2, 0.25) is 0 Å². The molecule has 0 heterocycles. The summed E-state index contributed by atoms with van der Waals surface area (Å²) in [7, 11) is 0. The summed E-state index contributed by atoms with van der Waals surface area (Å²) in [6.45, 7) is 2.05. The van der Waals surface area contributed by atoms with E-state index in [1.807, 2.05) is 18.2 Å². The lowest BCUT2D eigenvalue weighted by atomic mass is 10.1. The number of aldehydes is 1. The van der Waals surface area contributed by atoms with Gasteiger partial charge in [0.2, 0.25) is 0 Å². The van der Waals surface area contributed by atoms with Crippen molar-refractivity contribution in [2.45, 2.75) is 26.2 Å². The molecule has 0 saturated heterocycles. The zero-order chi connectivity index (χ0) is 10.2. The molecular formula is C13H14O. The van der Waals surface area contributed by atoms with Crippen LogP contribution in [0, 0.1) is 18.8 Å². The minimum absolute atomic E-state index is 0.614. The zero-order valence-corrected chi connectivity index (χ0v) is 8.42. The molecule has 0 aliphatic rings. The largest absolute Gasteiger partial charge is 0.303 e. The number of carbonyl (C=O) groups is 1. The predicted octanol–water partition coefficient (Wildman–Crippen LogP) is 2.72. The Morgan fingerprint density at radius 1 is 1.36 bits per heavy atom. The molecule has 1 rings (SSSR count). The second-order valence-electron chi connectivity index (χ2n) is 3.18. The van der Waals surface area contributed by atoms with Gasteiger partial charge in [0.15, 0.2) is 0 Å². The van der Waals surface area contributed by atoms with Gasteiger partial charge in [-0.25, -0.2) is 0 Å². The minimum atomic E-state index is 0.614. The van der Waals surface area contributed by atoms with Crippen molar-refractivity contribution >= 4 is 6.29 Å². The van der Waals surface area contributed by atoms with Crippen molar-refractivity contribution in [1.29, 1.82) is 0 Å². The normalized spacial score (nSPS) is 8.93. The van der Waals surface area contributed by atoms with Gasteiger partial charge in [0, 0.05) is 18.4 Å². The van der Waals surface area contributed by atoms with E-state index in [0.717, 1.165) is 24.7 Å². The topological polar surface area (TPSA) is 17.1 Å². The quantitative estimate of drug-likeness (QED) is 0.403. The van der Waals surface area contributed by atoms with Crippen LogP contribution in [-0.2, 0) is 4.79 Å². The first-order valence-corrected chi connectivity index (χ1v) is 4.82. The molecule has 1 heteroatoms. The fraction of sp³-hybridized carbons (Fsp3) is 0.308. The number of rotatable bonds is 3. The summed E-state index contributed by atoms with van der Waals surface area (Å²) in [5.74, 6) is 6.17. The molecule has 0 atom stereocenters. The predicted molar refractivity (Wildman–Crippen MR) is 58.0 cm³/mol. The third-order valence-corrected chi connectivity index (χ3v) is 1.99. The van der Waals surface area contributed by atoms with Crippen molar-refractivity contribution in [2.75, 3.05) is 0 Å². The molecular weight excluding hydrogens is 172 g/mol. The Balaban J connectivity index is 2.51. The van der Waals surface area contributed by atoms with E-state index in [1.165, 1.54) is 5.56 Å². The van der Waals surface area contributed by atoms with E-state index < -0.39 is 0 Å². The minimum Gasteiger partial charge on any atom is -0.303 e. The van der Waals surface area contributed by atoms with Gasteiger partial charge in [-0.05, 0) is 25.0 Å². The van der Waals surface area contributed by atoms with Crippen LogP contribution in [0.3, 0.4) is 0 Å². The van der Waals surface area contributed by atoms with Gasteiger partial charge >= 0.3 is 0 Å². The number of hydrogen-bond acceptors (Lipinski definition) is 1. The Hall–Kier alpha value is -1.55. The third kappa shape index (κ3) is 3.45. The molecule has 0 unspecified atom stereocenters. The molecule has 1 nitrogen and oxygen atoms in total. The Kier molecular flexibility index (Phi) is 4.50. The van der Waals surface area contributed by atoms with Crippen molar-refractivity contribution in [2.24, 2.45) is 0 Å². The molecule has 0 saturated carbocycles. The fourth-order valence-electron chi connectivity index (χ4n) is 1.14. The van der Waals surface area contributed by atoms with Crippen LogP contribution in [0.5, 0.6) is 0 Å². The van der Waals surface area contributed by atoms with Gasteiger partial charge in [-0.3, -0.25) is 0 Å². The number of carbonyl (C=O) groups excluding carboxylic acids is 1. The highest BCUT2D eigenvalue weighted by atomic mass is 16.1. The second kappa shape index (κ2) is 5.99. The average molecular weight is 186 g/mol. The second-order valence-corrected chi connectivity index (χ2v) is 3.18. The van der Waals surface area contributed by atoms with Gasteiger partial charge in [-0.2, -0.15) is 0 Å². The molecule has 0 spiro atoms. The fourth-order valence-corrected chi connectivity index (χ4v) is 1.14. The summed E-state index contributed by atoms with van der Waals surface area (Å²) in [6, 6.07) is 8.06. The Morgan fingerprint density at radius 3 is 2.86 bits per heavy atom. The Labute approximate surface area is 85.1 Å². The number of aryl methyl sites for hydroxylation is 1. The molecule has 0 amide bonds. The van der Waals surface area contributed by atoms with E-state index in [2.05, 4.69) is 24.8 Å². The molecule has 0 fully saturated rings. The van der Waals surface area contributed by atoms with E-state index in [4.69, 9.17) is 0 Å². The van der Waals surface area contributed by atoms with E-state index in [0.29, 0.717) is 6.42 Å². The maximum Gasteiger partial charge on any atom is 0.120 e.